The number of halogens is 3. The van der Waals surface area contributed by atoms with Gasteiger partial charge in [0.05, 0.1) is 21.3 Å². The third kappa shape index (κ3) is 4.84. The first-order valence-corrected chi connectivity index (χ1v) is 8.12. The second-order valence-corrected chi connectivity index (χ2v) is 7.15. The van der Waals surface area contributed by atoms with Gasteiger partial charge in [-0.2, -0.15) is 0 Å². The van der Waals surface area contributed by atoms with E-state index >= 15 is 0 Å². The molecule has 5 nitrogen and oxygen atoms in total. The summed E-state index contributed by atoms with van der Waals surface area (Å²) in [5.41, 5.74) is 0.665. The van der Waals surface area contributed by atoms with Crippen LogP contribution in [-0.2, 0) is 3.79 Å². The van der Waals surface area contributed by atoms with Crippen LogP contribution in [0.15, 0.2) is 33.5 Å². The molecule has 0 unspecified atom stereocenters. The molecule has 25 heavy (non-hydrogen) atoms. The fourth-order valence-corrected chi connectivity index (χ4v) is 2.40. The van der Waals surface area contributed by atoms with E-state index in [4.69, 9.17) is 53.4 Å². The van der Waals surface area contributed by atoms with Crippen LogP contribution in [0.3, 0.4) is 0 Å². The molecule has 0 N–H and O–H groups in total. The number of hydrogen-bond donors (Lipinski definition) is 0. The number of rotatable bonds is 5. The lowest BCUT2D eigenvalue weighted by atomic mass is 10.1. The van der Waals surface area contributed by atoms with Gasteiger partial charge in [-0.1, -0.05) is 47.0 Å². The van der Waals surface area contributed by atoms with Crippen LogP contribution in [0.2, 0.25) is 0 Å². The third-order valence-corrected chi connectivity index (χ3v) is 3.79. The summed E-state index contributed by atoms with van der Waals surface area (Å²) < 4.78 is 18.9. The molecule has 0 amide bonds. The van der Waals surface area contributed by atoms with Crippen molar-refractivity contribution in [3.63, 3.8) is 0 Å². The number of alkyl halides is 3. The van der Waals surface area contributed by atoms with Gasteiger partial charge in [0, 0.05) is 6.07 Å². The Hall–Kier alpha value is -1.82. The molecular formula is C17H15Cl3O5. The highest BCUT2D eigenvalue weighted by atomic mass is 35.6. The van der Waals surface area contributed by atoms with E-state index in [9.17, 15) is 4.79 Å². The summed E-state index contributed by atoms with van der Waals surface area (Å²) in [6, 6.07) is 6.29. The lowest BCUT2D eigenvalue weighted by Crippen LogP contribution is -2.07. The summed E-state index contributed by atoms with van der Waals surface area (Å²) in [4.78, 5) is 11.6. The van der Waals surface area contributed by atoms with Crippen molar-refractivity contribution in [1.82, 2.24) is 0 Å². The van der Waals surface area contributed by atoms with Crippen LogP contribution in [0.25, 0.3) is 12.2 Å². The average molecular weight is 406 g/mol. The summed E-state index contributed by atoms with van der Waals surface area (Å²) >= 11 is 17.3. The van der Waals surface area contributed by atoms with E-state index in [0.29, 0.717) is 22.8 Å². The molecule has 1 aromatic carbocycles. The van der Waals surface area contributed by atoms with Crippen molar-refractivity contribution < 1.29 is 18.6 Å². The van der Waals surface area contributed by atoms with Crippen molar-refractivity contribution in [1.29, 1.82) is 0 Å². The Morgan fingerprint density at radius 3 is 1.84 bits per heavy atom. The minimum atomic E-state index is -1.82. The maximum Gasteiger partial charge on any atom is 0.336 e. The first kappa shape index (κ1) is 19.5. The van der Waals surface area contributed by atoms with Crippen LogP contribution in [0, 0.1) is 0 Å². The Labute approximate surface area is 159 Å². The number of ether oxygens (including phenoxy) is 3. The van der Waals surface area contributed by atoms with E-state index in [2.05, 4.69) is 0 Å². The molecule has 134 valence electrons. The fourth-order valence-electron chi connectivity index (χ4n) is 2.12. The molecule has 0 bridgehead atoms. The molecule has 0 aliphatic rings. The van der Waals surface area contributed by atoms with Crippen LogP contribution in [-0.4, -0.2) is 21.3 Å². The van der Waals surface area contributed by atoms with Crippen molar-refractivity contribution in [2.24, 2.45) is 0 Å². The second kappa shape index (κ2) is 8.04. The van der Waals surface area contributed by atoms with Crippen molar-refractivity contribution >= 4 is 47.0 Å². The summed E-state index contributed by atoms with van der Waals surface area (Å²) in [5.74, 6) is 1.45. The lowest BCUT2D eigenvalue weighted by Gasteiger charge is -2.13. The Morgan fingerprint density at radius 2 is 1.40 bits per heavy atom. The molecule has 0 atom stereocenters. The molecule has 0 saturated carbocycles. The molecule has 1 heterocycles. The maximum atomic E-state index is 11.6. The largest absolute Gasteiger partial charge is 0.493 e. The first-order valence-electron chi connectivity index (χ1n) is 6.99. The Balaban J connectivity index is 2.43. The van der Waals surface area contributed by atoms with Gasteiger partial charge in [-0.05, 0) is 29.3 Å². The standard InChI is InChI=1S/C17H15Cl3O5/c1-22-12-6-10(7-13(23-2)16(12)24-3)4-5-11-8-14(17(18,19)20)25-15(21)9-11/h4-9H,1-3H3. The molecule has 0 saturated heterocycles. The zero-order chi connectivity index (χ0) is 18.6. The van der Waals surface area contributed by atoms with E-state index in [1.807, 2.05) is 0 Å². The highest BCUT2D eigenvalue weighted by Gasteiger charge is 2.26. The Kier molecular flexibility index (Phi) is 6.27. The average Bonchev–Trinajstić information content (AvgIpc) is 2.57. The van der Waals surface area contributed by atoms with Crippen LogP contribution in [0.1, 0.15) is 16.9 Å². The van der Waals surface area contributed by atoms with Crippen molar-refractivity contribution in [2.45, 2.75) is 3.79 Å². The van der Waals surface area contributed by atoms with Gasteiger partial charge in [0.25, 0.3) is 0 Å². The highest BCUT2D eigenvalue weighted by molar-refractivity contribution is 6.66. The minimum absolute atomic E-state index is 0.0606. The van der Waals surface area contributed by atoms with Crippen molar-refractivity contribution in [3.05, 3.63) is 51.6 Å². The third-order valence-electron chi connectivity index (χ3n) is 3.23. The van der Waals surface area contributed by atoms with E-state index in [1.54, 1.807) is 24.3 Å². The second-order valence-electron chi connectivity index (χ2n) is 4.86. The predicted octanol–water partition coefficient (Wildman–Crippen LogP) is 4.66. The maximum absolute atomic E-state index is 11.6. The molecule has 8 heteroatoms. The van der Waals surface area contributed by atoms with E-state index in [0.717, 1.165) is 5.56 Å². The fraction of sp³-hybridized carbons (Fsp3) is 0.235. The SMILES string of the molecule is COc1cc(C=Cc2cc(C(Cl)(Cl)Cl)oc(=O)c2)cc(OC)c1OC. The van der Waals surface area contributed by atoms with E-state index < -0.39 is 9.42 Å². The molecule has 1 aromatic heterocycles. The number of benzene rings is 1. The highest BCUT2D eigenvalue weighted by Crippen LogP contribution is 2.39. The van der Waals surface area contributed by atoms with Gasteiger partial charge in [0.2, 0.25) is 9.54 Å². The molecule has 0 aliphatic heterocycles. The van der Waals surface area contributed by atoms with Gasteiger partial charge in [0.15, 0.2) is 17.3 Å². The Morgan fingerprint density at radius 1 is 0.880 bits per heavy atom. The molecule has 2 rings (SSSR count). The van der Waals surface area contributed by atoms with Gasteiger partial charge in [-0.25, -0.2) is 4.79 Å². The van der Waals surface area contributed by atoms with Crippen molar-refractivity contribution in [2.75, 3.05) is 21.3 Å². The summed E-state index contributed by atoms with van der Waals surface area (Å²) in [6.45, 7) is 0. The van der Waals surface area contributed by atoms with Gasteiger partial charge in [-0.15, -0.1) is 0 Å². The molecule has 0 radical (unpaired) electrons. The van der Waals surface area contributed by atoms with Crippen LogP contribution >= 0.6 is 34.8 Å². The normalized spacial score (nSPS) is 11.6. The number of methoxy groups -OCH3 is 3. The molecule has 0 spiro atoms. The van der Waals surface area contributed by atoms with Crippen LogP contribution in [0.4, 0.5) is 0 Å². The zero-order valence-corrected chi connectivity index (χ0v) is 15.9. The van der Waals surface area contributed by atoms with E-state index in [1.165, 1.54) is 33.5 Å². The van der Waals surface area contributed by atoms with Crippen LogP contribution in [0.5, 0.6) is 17.2 Å². The summed E-state index contributed by atoms with van der Waals surface area (Å²) in [6.07, 6.45) is 3.43. The monoisotopic (exact) mass is 404 g/mol. The predicted molar refractivity (Wildman–Crippen MR) is 99.2 cm³/mol. The summed E-state index contributed by atoms with van der Waals surface area (Å²) in [5, 5.41) is 0. The Bertz CT molecular complexity index is 812. The molecule has 0 aliphatic carbocycles. The molecule has 2 aromatic rings. The smallest absolute Gasteiger partial charge is 0.336 e. The summed E-state index contributed by atoms with van der Waals surface area (Å²) in [7, 11) is 4.58. The van der Waals surface area contributed by atoms with E-state index in [-0.39, 0.29) is 5.76 Å². The molecular weight excluding hydrogens is 391 g/mol. The first-order chi connectivity index (χ1) is 11.8. The van der Waals surface area contributed by atoms with Crippen LogP contribution < -0.4 is 19.8 Å². The van der Waals surface area contributed by atoms with Gasteiger partial charge >= 0.3 is 5.63 Å². The van der Waals surface area contributed by atoms with Gasteiger partial charge in [-0.3, -0.25) is 0 Å². The van der Waals surface area contributed by atoms with Gasteiger partial charge in [0.1, 0.15) is 0 Å². The lowest BCUT2D eigenvalue weighted by molar-refractivity contribution is 0.324. The topological polar surface area (TPSA) is 57.9 Å². The minimum Gasteiger partial charge on any atom is -0.493 e. The zero-order valence-electron chi connectivity index (χ0n) is 13.6. The van der Waals surface area contributed by atoms with Crippen molar-refractivity contribution in [3.8, 4) is 17.2 Å². The quantitative estimate of drug-likeness (QED) is 0.677. The molecule has 0 fully saturated rings. The van der Waals surface area contributed by atoms with Gasteiger partial charge < -0.3 is 18.6 Å². The number of hydrogen-bond acceptors (Lipinski definition) is 5.